The molecule has 4 nitrogen and oxygen atoms in total. The Morgan fingerprint density at radius 2 is 2.54 bits per heavy atom. The maximum absolute atomic E-state index is 10.5. The molecular weight excluding hydrogens is 168 g/mol. The third-order valence-electron chi connectivity index (χ3n) is 2.05. The van der Waals surface area contributed by atoms with E-state index in [1.807, 2.05) is 18.3 Å². The van der Waals surface area contributed by atoms with Crippen molar-refractivity contribution in [1.82, 2.24) is 9.88 Å². The van der Waals surface area contributed by atoms with Crippen LogP contribution in [0.2, 0.25) is 0 Å². The van der Waals surface area contributed by atoms with E-state index in [0.29, 0.717) is 0 Å². The van der Waals surface area contributed by atoms with Gasteiger partial charge in [-0.2, -0.15) is 0 Å². The second kappa shape index (κ2) is 2.97. The first kappa shape index (κ1) is 7.91. The third kappa shape index (κ3) is 1.42. The first-order valence-corrected chi connectivity index (χ1v) is 4.07. The van der Waals surface area contributed by atoms with E-state index in [0.717, 1.165) is 17.8 Å². The average Bonchev–Trinajstić information content (AvgIpc) is 2.48. The van der Waals surface area contributed by atoms with Crippen molar-refractivity contribution >= 4 is 12.0 Å². The Hall–Kier alpha value is -1.71. The van der Waals surface area contributed by atoms with Gasteiger partial charge in [-0.25, -0.2) is 0 Å². The van der Waals surface area contributed by atoms with Crippen molar-refractivity contribution in [1.29, 1.82) is 0 Å². The average molecular weight is 178 g/mol. The number of hydrogen-bond donors (Lipinski definition) is 2. The minimum Gasteiger partial charge on any atom is -0.480 e. The van der Waals surface area contributed by atoms with Crippen molar-refractivity contribution in [3.63, 3.8) is 0 Å². The van der Waals surface area contributed by atoms with Crippen LogP contribution in [0.3, 0.4) is 0 Å². The van der Waals surface area contributed by atoms with E-state index in [-0.39, 0.29) is 6.54 Å². The number of nitrogens with zero attached hydrogens (tertiary/aromatic N) is 1. The number of carbonyl (C=O) groups is 1. The van der Waals surface area contributed by atoms with E-state index in [4.69, 9.17) is 5.11 Å². The number of carboxylic acids is 1. The molecule has 2 N–H and O–H groups in total. The molecule has 1 aliphatic rings. The summed E-state index contributed by atoms with van der Waals surface area (Å²) in [6.45, 7) is 0.804. The molecule has 1 aromatic rings. The minimum absolute atomic E-state index is 0.0275. The summed E-state index contributed by atoms with van der Waals surface area (Å²) < 4.78 is 1.73. The summed E-state index contributed by atoms with van der Waals surface area (Å²) in [7, 11) is 0. The molecule has 0 amide bonds. The second-order valence-corrected chi connectivity index (χ2v) is 2.96. The van der Waals surface area contributed by atoms with Gasteiger partial charge in [-0.05, 0) is 23.9 Å². The molecule has 4 heteroatoms. The number of carboxylic acid groups (broad SMARTS) is 1. The van der Waals surface area contributed by atoms with Gasteiger partial charge in [0.05, 0.1) is 0 Å². The Kier molecular flexibility index (Phi) is 1.81. The highest BCUT2D eigenvalue weighted by Gasteiger charge is 2.10. The Morgan fingerprint density at radius 3 is 3.31 bits per heavy atom. The van der Waals surface area contributed by atoms with Crippen molar-refractivity contribution < 1.29 is 9.90 Å². The Labute approximate surface area is 75.5 Å². The molecule has 68 valence electrons. The highest BCUT2D eigenvalue weighted by Crippen LogP contribution is 2.15. The number of nitrogens with one attached hydrogen (secondary N) is 1. The summed E-state index contributed by atoms with van der Waals surface area (Å²) in [5.41, 5.74) is 2.13. The maximum Gasteiger partial charge on any atom is 0.323 e. The standard InChI is InChI=1S/C9H10N2O2/c12-9(13)6-11-4-2-7-5-10-3-1-8(7)11/h1-4,10H,5-6H2,(H,12,13). The van der Waals surface area contributed by atoms with Crippen LogP contribution in [0.15, 0.2) is 18.5 Å². The largest absolute Gasteiger partial charge is 0.480 e. The van der Waals surface area contributed by atoms with Gasteiger partial charge < -0.3 is 15.0 Å². The summed E-state index contributed by atoms with van der Waals surface area (Å²) in [6.07, 6.45) is 5.53. The zero-order valence-corrected chi connectivity index (χ0v) is 7.03. The fourth-order valence-corrected chi connectivity index (χ4v) is 1.47. The van der Waals surface area contributed by atoms with Crippen molar-refractivity contribution in [2.24, 2.45) is 0 Å². The molecule has 0 unspecified atom stereocenters. The predicted molar refractivity (Wildman–Crippen MR) is 47.9 cm³/mol. The highest BCUT2D eigenvalue weighted by atomic mass is 16.4. The number of fused-ring (bicyclic) bond motifs is 1. The van der Waals surface area contributed by atoms with E-state index >= 15 is 0 Å². The Balaban J connectivity index is 2.33. The van der Waals surface area contributed by atoms with Crippen molar-refractivity contribution in [2.45, 2.75) is 13.1 Å². The lowest BCUT2D eigenvalue weighted by atomic mass is 10.2. The topological polar surface area (TPSA) is 54.3 Å². The molecule has 1 aromatic heterocycles. The lowest BCUT2D eigenvalue weighted by Crippen LogP contribution is -2.14. The summed E-state index contributed by atoms with van der Waals surface area (Å²) in [4.78, 5) is 10.5. The van der Waals surface area contributed by atoms with E-state index in [1.165, 1.54) is 0 Å². The highest BCUT2D eigenvalue weighted by molar-refractivity contribution is 5.67. The van der Waals surface area contributed by atoms with Crippen LogP contribution in [-0.4, -0.2) is 15.6 Å². The van der Waals surface area contributed by atoms with Crippen molar-refractivity contribution in [2.75, 3.05) is 0 Å². The predicted octanol–water partition coefficient (Wildman–Crippen LogP) is 0.647. The zero-order chi connectivity index (χ0) is 9.26. The van der Waals surface area contributed by atoms with E-state index in [2.05, 4.69) is 5.32 Å². The van der Waals surface area contributed by atoms with Crippen LogP contribution in [0.4, 0.5) is 0 Å². The number of rotatable bonds is 2. The van der Waals surface area contributed by atoms with Gasteiger partial charge in [-0.3, -0.25) is 4.79 Å². The van der Waals surface area contributed by atoms with Gasteiger partial charge in [0.2, 0.25) is 0 Å². The Bertz CT molecular complexity index is 366. The van der Waals surface area contributed by atoms with Gasteiger partial charge in [-0.1, -0.05) is 0 Å². The molecule has 0 aromatic carbocycles. The first-order chi connectivity index (χ1) is 6.27. The molecule has 2 heterocycles. The number of aliphatic carboxylic acids is 1. The van der Waals surface area contributed by atoms with E-state index in [9.17, 15) is 4.79 Å². The van der Waals surface area contributed by atoms with Gasteiger partial charge in [0, 0.05) is 18.4 Å². The number of hydrogen-bond acceptors (Lipinski definition) is 2. The van der Waals surface area contributed by atoms with Crippen LogP contribution in [0.25, 0.3) is 6.08 Å². The summed E-state index contributed by atoms with van der Waals surface area (Å²) in [6, 6.07) is 1.94. The SMILES string of the molecule is O=C(O)Cn1ccc2c1C=CNC2. The molecule has 0 fully saturated rings. The monoisotopic (exact) mass is 178 g/mol. The molecular formula is C9H10N2O2. The zero-order valence-electron chi connectivity index (χ0n) is 7.03. The second-order valence-electron chi connectivity index (χ2n) is 2.96. The summed E-state index contributed by atoms with van der Waals surface area (Å²) in [5.74, 6) is -0.815. The van der Waals surface area contributed by atoms with Gasteiger partial charge in [0.25, 0.3) is 0 Å². The molecule has 13 heavy (non-hydrogen) atoms. The molecule has 1 aliphatic heterocycles. The fourth-order valence-electron chi connectivity index (χ4n) is 1.47. The molecule has 0 saturated heterocycles. The molecule has 0 atom stereocenters. The lowest BCUT2D eigenvalue weighted by molar-refractivity contribution is -0.137. The first-order valence-electron chi connectivity index (χ1n) is 4.07. The van der Waals surface area contributed by atoms with Gasteiger partial charge in [0.1, 0.15) is 6.54 Å². The molecule has 0 aliphatic carbocycles. The Morgan fingerprint density at radius 1 is 1.69 bits per heavy atom. The normalized spacial score (nSPS) is 13.5. The number of aromatic nitrogens is 1. The summed E-state index contributed by atoms with van der Waals surface area (Å²) in [5, 5.41) is 11.7. The quantitative estimate of drug-likeness (QED) is 0.699. The van der Waals surface area contributed by atoms with E-state index in [1.54, 1.807) is 10.8 Å². The summed E-state index contributed by atoms with van der Waals surface area (Å²) >= 11 is 0. The fraction of sp³-hybridized carbons (Fsp3) is 0.222. The smallest absolute Gasteiger partial charge is 0.323 e. The molecule has 0 saturated carbocycles. The van der Waals surface area contributed by atoms with Crippen molar-refractivity contribution in [3.05, 3.63) is 29.7 Å². The van der Waals surface area contributed by atoms with Crippen LogP contribution in [0.1, 0.15) is 11.3 Å². The van der Waals surface area contributed by atoms with Crippen molar-refractivity contribution in [3.8, 4) is 0 Å². The van der Waals surface area contributed by atoms with Gasteiger partial charge in [-0.15, -0.1) is 0 Å². The van der Waals surface area contributed by atoms with Crippen LogP contribution in [0.5, 0.6) is 0 Å². The van der Waals surface area contributed by atoms with Gasteiger partial charge >= 0.3 is 5.97 Å². The van der Waals surface area contributed by atoms with Crippen LogP contribution in [0, 0.1) is 0 Å². The minimum atomic E-state index is -0.815. The molecule has 0 bridgehead atoms. The lowest BCUT2D eigenvalue weighted by Gasteiger charge is -2.10. The van der Waals surface area contributed by atoms with Crippen LogP contribution >= 0.6 is 0 Å². The van der Waals surface area contributed by atoms with Crippen LogP contribution in [-0.2, 0) is 17.9 Å². The third-order valence-corrected chi connectivity index (χ3v) is 2.05. The maximum atomic E-state index is 10.5. The molecule has 0 radical (unpaired) electrons. The van der Waals surface area contributed by atoms with E-state index < -0.39 is 5.97 Å². The van der Waals surface area contributed by atoms with Gasteiger partial charge in [0.15, 0.2) is 0 Å². The molecule has 2 rings (SSSR count). The van der Waals surface area contributed by atoms with Crippen LogP contribution < -0.4 is 5.32 Å². The molecule has 0 spiro atoms.